The van der Waals surface area contributed by atoms with Gasteiger partial charge in [0.05, 0.1) is 11.0 Å². The van der Waals surface area contributed by atoms with Gasteiger partial charge in [-0.05, 0) is 49.9 Å². The SMILES string of the molecule is Cc1cc2nc(C3(C)CCCCC3)[nH]c2cc1C. The van der Waals surface area contributed by atoms with E-state index in [1.807, 2.05) is 0 Å². The Balaban J connectivity index is 2.07. The van der Waals surface area contributed by atoms with Gasteiger partial charge in [0.2, 0.25) is 0 Å². The molecule has 0 atom stereocenters. The third-order valence-electron chi connectivity index (χ3n) is 4.63. The molecule has 96 valence electrons. The van der Waals surface area contributed by atoms with Gasteiger partial charge in [0.15, 0.2) is 0 Å². The number of H-pyrrole nitrogens is 1. The zero-order valence-electron chi connectivity index (χ0n) is 11.6. The van der Waals surface area contributed by atoms with Gasteiger partial charge in [0.25, 0.3) is 0 Å². The van der Waals surface area contributed by atoms with Gasteiger partial charge >= 0.3 is 0 Å². The van der Waals surface area contributed by atoms with E-state index in [-0.39, 0.29) is 5.41 Å². The van der Waals surface area contributed by atoms with Crippen molar-refractivity contribution in [3.8, 4) is 0 Å². The molecule has 1 aromatic heterocycles. The number of rotatable bonds is 1. The number of imidazole rings is 1. The van der Waals surface area contributed by atoms with E-state index in [4.69, 9.17) is 4.98 Å². The minimum atomic E-state index is 0.263. The second-order valence-corrected chi connectivity index (χ2v) is 6.16. The highest BCUT2D eigenvalue weighted by Gasteiger charge is 2.31. The normalized spacial score (nSPS) is 19.3. The summed E-state index contributed by atoms with van der Waals surface area (Å²) >= 11 is 0. The van der Waals surface area contributed by atoms with E-state index in [0.717, 1.165) is 5.52 Å². The van der Waals surface area contributed by atoms with Crippen LogP contribution in [0, 0.1) is 13.8 Å². The predicted molar refractivity (Wildman–Crippen MR) is 76.0 cm³/mol. The first-order valence-electron chi connectivity index (χ1n) is 7.06. The van der Waals surface area contributed by atoms with Gasteiger partial charge in [-0.15, -0.1) is 0 Å². The number of nitrogens with one attached hydrogen (secondary N) is 1. The summed E-state index contributed by atoms with van der Waals surface area (Å²) < 4.78 is 0. The molecule has 0 saturated heterocycles. The summed E-state index contributed by atoms with van der Waals surface area (Å²) in [4.78, 5) is 8.42. The Morgan fingerprint density at radius 3 is 2.44 bits per heavy atom. The van der Waals surface area contributed by atoms with E-state index in [2.05, 4.69) is 37.9 Å². The molecule has 3 rings (SSSR count). The largest absolute Gasteiger partial charge is 0.342 e. The standard InChI is InChI=1S/C16H22N2/c1-11-9-13-14(10-12(11)2)18-15(17-13)16(3)7-5-4-6-8-16/h9-10H,4-8H2,1-3H3,(H,17,18). The van der Waals surface area contributed by atoms with E-state index in [0.29, 0.717) is 0 Å². The molecule has 1 N–H and O–H groups in total. The van der Waals surface area contributed by atoms with Crippen LogP contribution in [0.15, 0.2) is 12.1 Å². The van der Waals surface area contributed by atoms with Crippen LogP contribution in [-0.4, -0.2) is 9.97 Å². The van der Waals surface area contributed by atoms with Crippen LogP contribution in [0.4, 0.5) is 0 Å². The minimum absolute atomic E-state index is 0.263. The Bertz CT molecular complexity index is 535. The maximum Gasteiger partial charge on any atom is 0.113 e. The molecule has 2 heteroatoms. The minimum Gasteiger partial charge on any atom is -0.342 e. The molecule has 1 aliphatic rings. The second-order valence-electron chi connectivity index (χ2n) is 6.16. The first-order valence-corrected chi connectivity index (χ1v) is 7.06. The van der Waals surface area contributed by atoms with Gasteiger partial charge in [-0.25, -0.2) is 4.98 Å². The maximum absolute atomic E-state index is 4.85. The molecular formula is C16H22N2. The van der Waals surface area contributed by atoms with Crippen LogP contribution in [0.25, 0.3) is 11.0 Å². The predicted octanol–water partition coefficient (Wildman–Crippen LogP) is 4.40. The molecular weight excluding hydrogens is 220 g/mol. The van der Waals surface area contributed by atoms with Crippen molar-refractivity contribution in [1.29, 1.82) is 0 Å². The topological polar surface area (TPSA) is 28.7 Å². The molecule has 1 fully saturated rings. The molecule has 0 aliphatic heterocycles. The second kappa shape index (κ2) is 4.11. The van der Waals surface area contributed by atoms with Gasteiger partial charge in [-0.2, -0.15) is 0 Å². The van der Waals surface area contributed by atoms with Crippen LogP contribution in [0.3, 0.4) is 0 Å². The fourth-order valence-corrected chi connectivity index (χ4v) is 3.12. The van der Waals surface area contributed by atoms with E-state index < -0.39 is 0 Å². The zero-order valence-corrected chi connectivity index (χ0v) is 11.6. The number of nitrogens with zero attached hydrogens (tertiary/aromatic N) is 1. The quantitative estimate of drug-likeness (QED) is 0.788. The fraction of sp³-hybridized carbons (Fsp3) is 0.562. The Kier molecular flexibility index (Phi) is 2.69. The van der Waals surface area contributed by atoms with Gasteiger partial charge in [-0.1, -0.05) is 26.2 Å². The highest BCUT2D eigenvalue weighted by Crippen LogP contribution is 2.38. The van der Waals surface area contributed by atoms with Crippen molar-refractivity contribution in [2.24, 2.45) is 0 Å². The molecule has 0 radical (unpaired) electrons. The summed E-state index contributed by atoms with van der Waals surface area (Å²) in [5.41, 5.74) is 5.25. The van der Waals surface area contributed by atoms with Gasteiger partial charge in [-0.3, -0.25) is 0 Å². The van der Waals surface area contributed by atoms with Crippen molar-refractivity contribution >= 4 is 11.0 Å². The fourth-order valence-electron chi connectivity index (χ4n) is 3.12. The van der Waals surface area contributed by atoms with Gasteiger partial charge in [0.1, 0.15) is 5.82 Å². The van der Waals surface area contributed by atoms with E-state index in [9.17, 15) is 0 Å². The lowest BCUT2D eigenvalue weighted by atomic mass is 9.75. The smallest absolute Gasteiger partial charge is 0.113 e. The summed E-state index contributed by atoms with van der Waals surface area (Å²) in [7, 11) is 0. The summed E-state index contributed by atoms with van der Waals surface area (Å²) in [6, 6.07) is 4.43. The molecule has 18 heavy (non-hydrogen) atoms. The molecule has 0 bridgehead atoms. The Labute approximate surface area is 109 Å². The Morgan fingerprint density at radius 1 is 1.06 bits per heavy atom. The lowest BCUT2D eigenvalue weighted by Crippen LogP contribution is -2.26. The van der Waals surface area contributed by atoms with E-state index in [1.165, 1.54) is 54.6 Å². The van der Waals surface area contributed by atoms with Crippen molar-refractivity contribution in [2.75, 3.05) is 0 Å². The van der Waals surface area contributed by atoms with E-state index in [1.54, 1.807) is 0 Å². The number of benzene rings is 1. The first-order chi connectivity index (χ1) is 8.58. The highest BCUT2D eigenvalue weighted by molar-refractivity contribution is 5.77. The summed E-state index contributed by atoms with van der Waals surface area (Å²) in [6.07, 6.45) is 6.60. The van der Waals surface area contributed by atoms with Crippen LogP contribution in [0.2, 0.25) is 0 Å². The van der Waals surface area contributed by atoms with Crippen LogP contribution in [-0.2, 0) is 5.41 Å². The number of aromatic amines is 1. The maximum atomic E-state index is 4.85. The molecule has 1 aromatic carbocycles. The molecule has 0 spiro atoms. The lowest BCUT2D eigenvalue weighted by molar-refractivity contribution is 0.306. The van der Waals surface area contributed by atoms with Gasteiger partial charge < -0.3 is 4.98 Å². The Hall–Kier alpha value is -1.31. The summed E-state index contributed by atoms with van der Waals surface area (Å²) in [5.74, 6) is 1.20. The number of fused-ring (bicyclic) bond motifs is 1. The molecule has 1 aliphatic carbocycles. The molecule has 2 nitrogen and oxygen atoms in total. The Morgan fingerprint density at radius 2 is 1.72 bits per heavy atom. The van der Waals surface area contributed by atoms with Crippen molar-refractivity contribution in [3.63, 3.8) is 0 Å². The monoisotopic (exact) mass is 242 g/mol. The van der Waals surface area contributed by atoms with Crippen molar-refractivity contribution in [2.45, 2.75) is 58.3 Å². The molecule has 1 heterocycles. The van der Waals surface area contributed by atoms with Crippen LogP contribution in [0.5, 0.6) is 0 Å². The lowest BCUT2D eigenvalue weighted by Gasteiger charge is -2.31. The summed E-state index contributed by atoms with van der Waals surface area (Å²) in [5, 5.41) is 0. The molecule has 0 unspecified atom stereocenters. The van der Waals surface area contributed by atoms with Crippen molar-refractivity contribution in [1.82, 2.24) is 9.97 Å². The van der Waals surface area contributed by atoms with Crippen LogP contribution < -0.4 is 0 Å². The zero-order chi connectivity index (χ0) is 12.8. The average Bonchev–Trinajstić information content (AvgIpc) is 2.74. The molecule has 0 amide bonds. The highest BCUT2D eigenvalue weighted by atomic mass is 14.9. The van der Waals surface area contributed by atoms with E-state index >= 15 is 0 Å². The third kappa shape index (κ3) is 1.84. The first kappa shape index (κ1) is 11.8. The number of hydrogen-bond donors (Lipinski definition) is 1. The van der Waals surface area contributed by atoms with Crippen LogP contribution >= 0.6 is 0 Å². The van der Waals surface area contributed by atoms with Crippen LogP contribution in [0.1, 0.15) is 56.0 Å². The molecule has 1 saturated carbocycles. The number of hydrogen-bond acceptors (Lipinski definition) is 1. The third-order valence-corrected chi connectivity index (χ3v) is 4.63. The van der Waals surface area contributed by atoms with Gasteiger partial charge in [0, 0.05) is 5.41 Å². The average molecular weight is 242 g/mol. The molecule has 2 aromatic rings. The van der Waals surface area contributed by atoms with Crippen molar-refractivity contribution < 1.29 is 0 Å². The number of aryl methyl sites for hydroxylation is 2. The summed E-state index contributed by atoms with van der Waals surface area (Å²) in [6.45, 7) is 6.69. The van der Waals surface area contributed by atoms with Crippen molar-refractivity contribution in [3.05, 3.63) is 29.1 Å². The number of aromatic nitrogens is 2.